The van der Waals surface area contributed by atoms with Gasteiger partial charge in [0.25, 0.3) is 0 Å². The van der Waals surface area contributed by atoms with Crippen LogP contribution in [0.25, 0.3) is 0 Å². The SMILES string of the molecule is C=C(COC)C1(O)CCCC(C)(C)C1. The van der Waals surface area contributed by atoms with Crippen molar-refractivity contribution in [2.45, 2.75) is 45.1 Å². The number of hydrogen-bond acceptors (Lipinski definition) is 2. The third-order valence-electron chi connectivity index (χ3n) is 3.19. The van der Waals surface area contributed by atoms with E-state index in [-0.39, 0.29) is 5.41 Å². The molecule has 1 unspecified atom stereocenters. The summed E-state index contributed by atoms with van der Waals surface area (Å²) in [5.74, 6) is 0. The Kier molecular flexibility index (Phi) is 3.38. The topological polar surface area (TPSA) is 29.5 Å². The predicted molar refractivity (Wildman–Crippen MR) is 58.2 cm³/mol. The fourth-order valence-corrected chi connectivity index (χ4v) is 2.44. The fraction of sp³-hybridized carbons (Fsp3) is 0.833. The summed E-state index contributed by atoms with van der Waals surface area (Å²) in [7, 11) is 1.64. The van der Waals surface area contributed by atoms with Crippen molar-refractivity contribution in [1.29, 1.82) is 0 Å². The smallest absolute Gasteiger partial charge is 0.0881 e. The molecule has 1 N–H and O–H groups in total. The lowest BCUT2D eigenvalue weighted by atomic mass is 9.67. The summed E-state index contributed by atoms with van der Waals surface area (Å²) in [6, 6.07) is 0. The lowest BCUT2D eigenvalue weighted by molar-refractivity contribution is -0.0172. The zero-order valence-electron chi connectivity index (χ0n) is 9.60. The Labute approximate surface area is 87.0 Å². The average Bonchev–Trinajstić information content (AvgIpc) is 2.02. The van der Waals surface area contributed by atoms with E-state index in [1.807, 2.05) is 0 Å². The van der Waals surface area contributed by atoms with E-state index in [4.69, 9.17) is 4.74 Å². The largest absolute Gasteiger partial charge is 0.385 e. The molecule has 0 bridgehead atoms. The zero-order valence-corrected chi connectivity index (χ0v) is 9.60. The molecule has 1 saturated carbocycles. The highest BCUT2D eigenvalue weighted by Crippen LogP contribution is 2.43. The van der Waals surface area contributed by atoms with Gasteiger partial charge in [-0.15, -0.1) is 0 Å². The highest BCUT2D eigenvalue weighted by atomic mass is 16.5. The first kappa shape index (κ1) is 11.7. The van der Waals surface area contributed by atoms with Crippen molar-refractivity contribution < 1.29 is 9.84 Å². The summed E-state index contributed by atoms with van der Waals surface area (Å²) in [6.45, 7) is 8.81. The second-order valence-corrected chi connectivity index (χ2v) is 5.26. The molecule has 2 heteroatoms. The fourth-order valence-electron chi connectivity index (χ4n) is 2.44. The molecule has 0 radical (unpaired) electrons. The lowest BCUT2D eigenvalue weighted by Gasteiger charge is -2.42. The number of hydrogen-bond donors (Lipinski definition) is 1. The van der Waals surface area contributed by atoms with Gasteiger partial charge in [0.2, 0.25) is 0 Å². The quantitative estimate of drug-likeness (QED) is 0.706. The molecule has 0 aromatic rings. The summed E-state index contributed by atoms with van der Waals surface area (Å²) in [4.78, 5) is 0. The highest BCUT2D eigenvalue weighted by molar-refractivity contribution is 5.15. The number of aliphatic hydroxyl groups is 1. The second kappa shape index (κ2) is 4.03. The minimum atomic E-state index is -0.697. The van der Waals surface area contributed by atoms with Gasteiger partial charge in [0.05, 0.1) is 12.2 Å². The summed E-state index contributed by atoms with van der Waals surface area (Å²) in [5, 5.41) is 10.4. The van der Waals surface area contributed by atoms with E-state index in [0.717, 1.165) is 24.8 Å². The van der Waals surface area contributed by atoms with Crippen LogP contribution in [0.2, 0.25) is 0 Å². The van der Waals surface area contributed by atoms with Crippen molar-refractivity contribution in [2.24, 2.45) is 5.41 Å². The van der Waals surface area contributed by atoms with Gasteiger partial charge in [0.1, 0.15) is 0 Å². The van der Waals surface area contributed by atoms with Crippen LogP contribution in [0.15, 0.2) is 12.2 Å². The number of ether oxygens (including phenoxy) is 1. The number of methoxy groups -OCH3 is 1. The Morgan fingerprint density at radius 3 is 2.57 bits per heavy atom. The van der Waals surface area contributed by atoms with E-state index in [1.54, 1.807) is 7.11 Å². The van der Waals surface area contributed by atoms with Crippen LogP contribution in [-0.2, 0) is 4.74 Å². The third-order valence-corrected chi connectivity index (χ3v) is 3.19. The maximum Gasteiger partial charge on any atom is 0.0881 e. The molecule has 0 spiro atoms. The maximum absolute atomic E-state index is 10.4. The van der Waals surface area contributed by atoms with Crippen LogP contribution in [0.5, 0.6) is 0 Å². The van der Waals surface area contributed by atoms with E-state index in [2.05, 4.69) is 20.4 Å². The van der Waals surface area contributed by atoms with E-state index in [0.29, 0.717) is 6.61 Å². The standard InChI is InChI=1S/C12H22O2/c1-10(8-14-4)12(13)7-5-6-11(2,3)9-12/h13H,1,5-9H2,2-4H3. The monoisotopic (exact) mass is 198 g/mol. The zero-order chi connectivity index (χ0) is 10.8. The predicted octanol–water partition coefficient (Wildman–Crippen LogP) is 2.52. The van der Waals surface area contributed by atoms with Crippen molar-refractivity contribution in [2.75, 3.05) is 13.7 Å². The van der Waals surface area contributed by atoms with E-state index >= 15 is 0 Å². The molecule has 1 atom stereocenters. The third kappa shape index (κ3) is 2.58. The minimum absolute atomic E-state index is 0.226. The van der Waals surface area contributed by atoms with Crippen LogP contribution < -0.4 is 0 Å². The van der Waals surface area contributed by atoms with Gasteiger partial charge in [-0.3, -0.25) is 0 Å². The van der Waals surface area contributed by atoms with Crippen molar-refractivity contribution >= 4 is 0 Å². The van der Waals surface area contributed by atoms with Gasteiger partial charge in [-0.1, -0.05) is 20.4 Å². The number of rotatable bonds is 3. The molecule has 1 rings (SSSR count). The Hall–Kier alpha value is -0.340. The first-order chi connectivity index (χ1) is 6.40. The van der Waals surface area contributed by atoms with Crippen LogP contribution in [0.3, 0.4) is 0 Å². The summed E-state index contributed by atoms with van der Waals surface area (Å²) >= 11 is 0. The van der Waals surface area contributed by atoms with Gasteiger partial charge in [-0.2, -0.15) is 0 Å². The van der Waals surface area contributed by atoms with Crippen LogP contribution in [0.4, 0.5) is 0 Å². The van der Waals surface area contributed by atoms with Gasteiger partial charge in [-0.25, -0.2) is 0 Å². The normalized spacial score (nSPS) is 31.4. The molecule has 0 heterocycles. The first-order valence-electron chi connectivity index (χ1n) is 5.29. The van der Waals surface area contributed by atoms with E-state index in [9.17, 15) is 5.11 Å². The molecule has 0 amide bonds. The van der Waals surface area contributed by atoms with E-state index in [1.165, 1.54) is 6.42 Å². The van der Waals surface area contributed by atoms with Crippen LogP contribution in [0, 0.1) is 5.41 Å². The van der Waals surface area contributed by atoms with Gasteiger partial charge < -0.3 is 9.84 Å². The highest BCUT2D eigenvalue weighted by Gasteiger charge is 2.40. The molecular formula is C12H22O2. The molecular weight excluding hydrogens is 176 g/mol. The molecule has 2 nitrogen and oxygen atoms in total. The molecule has 1 aliphatic rings. The van der Waals surface area contributed by atoms with Crippen LogP contribution >= 0.6 is 0 Å². The minimum Gasteiger partial charge on any atom is -0.385 e. The van der Waals surface area contributed by atoms with Gasteiger partial charge in [0.15, 0.2) is 0 Å². The molecule has 1 fully saturated rings. The molecule has 14 heavy (non-hydrogen) atoms. The van der Waals surface area contributed by atoms with Crippen LogP contribution in [0.1, 0.15) is 39.5 Å². The Bertz CT molecular complexity index is 220. The molecule has 1 aliphatic carbocycles. The molecule has 0 aliphatic heterocycles. The van der Waals surface area contributed by atoms with Crippen molar-refractivity contribution in [3.05, 3.63) is 12.2 Å². The van der Waals surface area contributed by atoms with Gasteiger partial charge in [-0.05, 0) is 36.7 Å². The lowest BCUT2D eigenvalue weighted by Crippen LogP contribution is -2.41. The Balaban J connectivity index is 2.68. The van der Waals surface area contributed by atoms with Crippen molar-refractivity contribution in [3.8, 4) is 0 Å². The van der Waals surface area contributed by atoms with Crippen molar-refractivity contribution in [3.63, 3.8) is 0 Å². The summed E-state index contributed by atoms with van der Waals surface area (Å²) < 4.78 is 5.03. The molecule has 0 saturated heterocycles. The molecule has 0 aromatic carbocycles. The second-order valence-electron chi connectivity index (χ2n) is 5.26. The van der Waals surface area contributed by atoms with Crippen molar-refractivity contribution in [1.82, 2.24) is 0 Å². The Morgan fingerprint density at radius 1 is 1.43 bits per heavy atom. The Morgan fingerprint density at radius 2 is 2.07 bits per heavy atom. The summed E-state index contributed by atoms with van der Waals surface area (Å²) in [6.07, 6.45) is 3.91. The average molecular weight is 198 g/mol. The first-order valence-corrected chi connectivity index (χ1v) is 5.29. The molecule has 0 aromatic heterocycles. The van der Waals surface area contributed by atoms with Crippen LogP contribution in [-0.4, -0.2) is 24.4 Å². The van der Waals surface area contributed by atoms with Gasteiger partial charge in [0, 0.05) is 7.11 Å². The van der Waals surface area contributed by atoms with E-state index < -0.39 is 5.60 Å². The maximum atomic E-state index is 10.4. The molecule has 82 valence electrons. The summed E-state index contributed by atoms with van der Waals surface area (Å²) in [5.41, 5.74) is 0.356. The van der Waals surface area contributed by atoms with Gasteiger partial charge >= 0.3 is 0 Å².